The highest BCUT2D eigenvalue weighted by Crippen LogP contribution is 2.21. The Morgan fingerprint density at radius 1 is 1.37 bits per heavy atom. The summed E-state index contributed by atoms with van der Waals surface area (Å²) in [6, 6.07) is 9.41. The lowest BCUT2D eigenvalue weighted by molar-refractivity contribution is 0.191. The zero-order valence-electron chi connectivity index (χ0n) is 10.3. The standard InChI is InChI=1S/C13H15N3O3/c17-9-6-11(14-7-9)13-15-12(16-19-13)8-18-10-4-2-1-3-5-10/h1-5,9,11,14,17H,6-8H2/t9-,11-/m1/s1. The molecule has 0 spiro atoms. The van der Waals surface area contributed by atoms with Crippen LogP contribution < -0.4 is 10.1 Å². The number of hydrogen-bond acceptors (Lipinski definition) is 6. The summed E-state index contributed by atoms with van der Waals surface area (Å²) < 4.78 is 10.7. The summed E-state index contributed by atoms with van der Waals surface area (Å²) in [7, 11) is 0. The van der Waals surface area contributed by atoms with E-state index in [9.17, 15) is 5.11 Å². The van der Waals surface area contributed by atoms with Crippen LogP contribution in [0.25, 0.3) is 0 Å². The highest BCUT2D eigenvalue weighted by molar-refractivity contribution is 5.20. The van der Waals surface area contributed by atoms with Gasteiger partial charge in [-0.25, -0.2) is 0 Å². The monoisotopic (exact) mass is 261 g/mol. The van der Waals surface area contributed by atoms with Crippen molar-refractivity contribution in [3.63, 3.8) is 0 Å². The van der Waals surface area contributed by atoms with Crippen LogP contribution in [-0.4, -0.2) is 27.9 Å². The summed E-state index contributed by atoms with van der Waals surface area (Å²) in [6.45, 7) is 0.825. The van der Waals surface area contributed by atoms with Crippen molar-refractivity contribution in [2.75, 3.05) is 6.54 Å². The van der Waals surface area contributed by atoms with Gasteiger partial charge in [-0.2, -0.15) is 4.98 Å². The third kappa shape index (κ3) is 2.91. The molecule has 1 aliphatic rings. The van der Waals surface area contributed by atoms with E-state index < -0.39 is 0 Å². The summed E-state index contributed by atoms with van der Waals surface area (Å²) in [5, 5.41) is 16.4. The van der Waals surface area contributed by atoms with Crippen molar-refractivity contribution in [2.24, 2.45) is 0 Å². The maximum Gasteiger partial charge on any atom is 0.244 e. The Morgan fingerprint density at radius 2 is 2.21 bits per heavy atom. The van der Waals surface area contributed by atoms with E-state index in [1.807, 2.05) is 30.3 Å². The number of nitrogens with zero attached hydrogens (tertiary/aromatic N) is 2. The second-order valence-corrected chi connectivity index (χ2v) is 4.50. The third-order valence-corrected chi connectivity index (χ3v) is 3.00. The second kappa shape index (κ2) is 5.38. The number of aromatic nitrogens is 2. The molecule has 0 bridgehead atoms. The molecule has 1 aliphatic heterocycles. The van der Waals surface area contributed by atoms with E-state index in [2.05, 4.69) is 15.5 Å². The lowest BCUT2D eigenvalue weighted by Crippen LogP contribution is -2.15. The van der Waals surface area contributed by atoms with E-state index in [4.69, 9.17) is 9.26 Å². The van der Waals surface area contributed by atoms with E-state index in [0.29, 0.717) is 24.7 Å². The molecular weight excluding hydrogens is 246 g/mol. The molecule has 2 atom stereocenters. The molecule has 1 aromatic heterocycles. The first-order valence-corrected chi connectivity index (χ1v) is 6.23. The topological polar surface area (TPSA) is 80.4 Å². The molecule has 2 heterocycles. The number of ether oxygens (including phenoxy) is 1. The second-order valence-electron chi connectivity index (χ2n) is 4.50. The summed E-state index contributed by atoms with van der Waals surface area (Å²) >= 11 is 0. The van der Waals surface area contributed by atoms with Crippen LogP contribution in [0.2, 0.25) is 0 Å². The van der Waals surface area contributed by atoms with Crippen LogP contribution in [0.15, 0.2) is 34.9 Å². The van der Waals surface area contributed by atoms with Crippen molar-refractivity contribution in [2.45, 2.75) is 25.2 Å². The Hall–Kier alpha value is -1.92. The van der Waals surface area contributed by atoms with Gasteiger partial charge in [0.25, 0.3) is 0 Å². The first-order chi connectivity index (χ1) is 9.31. The van der Waals surface area contributed by atoms with Gasteiger partial charge in [-0.1, -0.05) is 23.4 Å². The predicted molar refractivity (Wildman–Crippen MR) is 66.4 cm³/mol. The van der Waals surface area contributed by atoms with Gasteiger partial charge >= 0.3 is 0 Å². The fourth-order valence-electron chi connectivity index (χ4n) is 2.04. The largest absolute Gasteiger partial charge is 0.485 e. The Kier molecular flexibility index (Phi) is 3.43. The first-order valence-electron chi connectivity index (χ1n) is 6.23. The van der Waals surface area contributed by atoms with E-state index in [-0.39, 0.29) is 18.8 Å². The van der Waals surface area contributed by atoms with Crippen LogP contribution in [0.3, 0.4) is 0 Å². The average Bonchev–Trinajstić information content (AvgIpc) is 3.06. The van der Waals surface area contributed by atoms with Crippen molar-refractivity contribution >= 4 is 0 Å². The van der Waals surface area contributed by atoms with Gasteiger partial charge < -0.3 is 19.7 Å². The molecular formula is C13H15N3O3. The molecule has 0 radical (unpaired) electrons. The molecule has 0 amide bonds. The predicted octanol–water partition coefficient (Wildman–Crippen LogP) is 1.04. The zero-order chi connectivity index (χ0) is 13.1. The fraction of sp³-hybridized carbons (Fsp3) is 0.385. The molecule has 0 saturated carbocycles. The number of aliphatic hydroxyl groups is 1. The minimum atomic E-state index is -0.346. The molecule has 0 unspecified atom stereocenters. The Labute approximate surface area is 110 Å². The first kappa shape index (κ1) is 12.1. The number of para-hydroxylation sites is 1. The minimum absolute atomic E-state index is 0.0621. The maximum atomic E-state index is 9.44. The van der Waals surface area contributed by atoms with Crippen LogP contribution in [0.1, 0.15) is 24.2 Å². The molecule has 100 valence electrons. The van der Waals surface area contributed by atoms with Gasteiger partial charge in [0.15, 0.2) is 6.61 Å². The molecule has 1 fully saturated rings. The normalized spacial score (nSPS) is 22.6. The fourth-order valence-corrected chi connectivity index (χ4v) is 2.04. The lowest BCUT2D eigenvalue weighted by atomic mass is 10.2. The quantitative estimate of drug-likeness (QED) is 0.856. The highest BCUT2D eigenvalue weighted by atomic mass is 16.5. The van der Waals surface area contributed by atoms with Crippen LogP contribution in [0, 0.1) is 0 Å². The van der Waals surface area contributed by atoms with Crippen molar-refractivity contribution in [1.29, 1.82) is 0 Å². The van der Waals surface area contributed by atoms with Crippen molar-refractivity contribution in [1.82, 2.24) is 15.5 Å². The van der Waals surface area contributed by atoms with Gasteiger partial charge in [-0.15, -0.1) is 0 Å². The summed E-state index contributed by atoms with van der Waals surface area (Å²) in [4.78, 5) is 4.27. The van der Waals surface area contributed by atoms with E-state index in [1.54, 1.807) is 0 Å². The van der Waals surface area contributed by atoms with E-state index in [1.165, 1.54) is 0 Å². The molecule has 6 heteroatoms. The number of aliphatic hydroxyl groups excluding tert-OH is 1. The van der Waals surface area contributed by atoms with Gasteiger partial charge in [0.1, 0.15) is 5.75 Å². The Bertz CT molecular complexity index is 529. The van der Waals surface area contributed by atoms with Gasteiger partial charge in [0, 0.05) is 6.54 Å². The van der Waals surface area contributed by atoms with E-state index in [0.717, 1.165) is 5.75 Å². The number of β-amino-alcohol motifs (C(OH)–C–C–N with tert-alkyl or cyclic N) is 1. The maximum absolute atomic E-state index is 9.44. The summed E-state index contributed by atoms with van der Waals surface area (Å²) in [6.07, 6.45) is 0.252. The van der Waals surface area contributed by atoms with Gasteiger partial charge in [0.2, 0.25) is 11.7 Å². The average molecular weight is 261 g/mol. The molecule has 19 heavy (non-hydrogen) atoms. The SMILES string of the molecule is O[C@H]1CN[C@@H](c2nc(COc3ccccc3)no2)C1. The van der Waals surface area contributed by atoms with Crippen molar-refractivity contribution < 1.29 is 14.4 Å². The van der Waals surface area contributed by atoms with Crippen LogP contribution in [-0.2, 0) is 6.61 Å². The van der Waals surface area contributed by atoms with Gasteiger partial charge in [-0.05, 0) is 18.6 Å². The smallest absolute Gasteiger partial charge is 0.244 e. The zero-order valence-corrected chi connectivity index (χ0v) is 10.3. The summed E-state index contributed by atoms with van der Waals surface area (Å²) in [5.74, 6) is 1.77. The molecule has 3 rings (SSSR count). The summed E-state index contributed by atoms with van der Waals surface area (Å²) in [5.41, 5.74) is 0. The number of benzene rings is 1. The van der Waals surface area contributed by atoms with Crippen LogP contribution >= 0.6 is 0 Å². The van der Waals surface area contributed by atoms with Crippen LogP contribution in [0.5, 0.6) is 5.75 Å². The van der Waals surface area contributed by atoms with Crippen LogP contribution in [0.4, 0.5) is 0 Å². The minimum Gasteiger partial charge on any atom is -0.485 e. The Balaban J connectivity index is 1.59. The highest BCUT2D eigenvalue weighted by Gasteiger charge is 2.28. The lowest BCUT2D eigenvalue weighted by Gasteiger charge is -2.02. The number of rotatable bonds is 4. The van der Waals surface area contributed by atoms with Gasteiger partial charge in [0.05, 0.1) is 12.1 Å². The van der Waals surface area contributed by atoms with Crippen molar-refractivity contribution in [3.8, 4) is 5.75 Å². The molecule has 0 aliphatic carbocycles. The van der Waals surface area contributed by atoms with E-state index >= 15 is 0 Å². The van der Waals surface area contributed by atoms with Crippen molar-refractivity contribution in [3.05, 3.63) is 42.0 Å². The molecule has 1 saturated heterocycles. The molecule has 6 nitrogen and oxygen atoms in total. The molecule has 1 aromatic carbocycles. The molecule has 2 N–H and O–H groups in total. The Morgan fingerprint density at radius 3 is 2.95 bits per heavy atom. The number of nitrogens with one attached hydrogen (secondary N) is 1. The third-order valence-electron chi connectivity index (χ3n) is 3.00. The number of hydrogen-bond donors (Lipinski definition) is 2. The van der Waals surface area contributed by atoms with Gasteiger partial charge in [-0.3, -0.25) is 0 Å². The molecule has 2 aromatic rings.